The summed E-state index contributed by atoms with van der Waals surface area (Å²) < 4.78 is 27.0. The number of phenols is 2. The molecule has 1 aliphatic rings. The van der Waals surface area contributed by atoms with Gasteiger partial charge in [0.2, 0.25) is 0 Å². The first-order chi connectivity index (χ1) is 12.5. The smallest absolute Gasteiger partial charge is 0.157 e. The van der Waals surface area contributed by atoms with E-state index in [-0.39, 0.29) is 17.5 Å². The average molecular weight is 353 g/mol. The lowest BCUT2D eigenvalue weighted by Gasteiger charge is -2.27. The Morgan fingerprint density at radius 2 is 1.54 bits per heavy atom. The first kappa shape index (κ1) is 16.5. The van der Waals surface area contributed by atoms with Crippen molar-refractivity contribution >= 4 is 0 Å². The molecule has 0 aliphatic carbocycles. The Balaban J connectivity index is 1.58. The van der Waals surface area contributed by atoms with Gasteiger partial charge in [0.25, 0.3) is 0 Å². The van der Waals surface area contributed by atoms with Crippen LogP contribution in [-0.4, -0.2) is 10.2 Å². The second-order valence-electron chi connectivity index (χ2n) is 6.49. The van der Waals surface area contributed by atoms with Crippen molar-refractivity contribution in [3.8, 4) is 22.6 Å². The Kier molecular flexibility index (Phi) is 4.09. The Morgan fingerprint density at radius 3 is 2.23 bits per heavy atom. The second-order valence-corrected chi connectivity index (χ2v) is 6.49. The van der Waals surface area contributed by atoms with Gasteiger partial charge in [-0.25, -0.2) is 8.78 Å². The van der Waals surface area contributed by atoms with Crippen LogP contribution in [0.5, 0.6) is 11.5 Å². The molecule has 4 rings (SSSR count). The van der Waals surface area contributed by atoms with Crippen LogP contribution in [0.4, 0.5) is 8.78 Å². The number of benzene rings is 3. The summed E-state index contributed by atoms with van der Waals surface area (Å²) in [6.07, 6.45) is 0.674. The maximum atomic E-state index is 13.9. The van der Waals surface area contributed by atoms with E-state index < -0.39 is 11.6 Å². The van der Waals surface area contributed by atoms with Crippen LogP contribution in [0.2, 0.25) is 0 Å². The molecule has 5 heteroatoms. The summed E-state index contributed by atoms with van der Waals surface area (Å²) in [6.45, 7) is 0.585. The molecule has 1 aliphatic heterocycles. The van der Waals surface area contributed by atoms with E-state index in [1.807, 2.05) is 24.3 Å². The van der Waals surface area contributed by atoms with Crippen molar-refractivity contribution in [1.82, 2.24) is 5.32 Å². The lowest BCUT2D eigenvalue weighted by atomic mass is 9.90. The number of hydrogen-bond donors (Lipinski definition) is 3. The van der Waals surface area contributed by atoms with Gasteiger partial charge in [-0.15, -0.1) is 0 Å². The molecule has 1 unspecified atom stereocenters. The predicted octanol–water partition coefficient (Wildman–Crippen LogP) is 4.43. The molecule has 26 heavy (non-hydrogen) atoms. The van der Waals surface area contributed by atoms with Crippen LogP contribution in [0.15, 0.2) is 54.6 Å². The fraction of sp³-hybridized carbons (Fsp3) is 0.143. The van der Waals surface area contributed by atoms with Gasteiger partial charge in [-0.3, -0.25) is 0 Å². The fourth-order valence-electron chi connectivity index (χ4n) is 3.40. The molecular formula is C21H17F2NO2. The van der Waals surface area contributed by atoms with Gasteiger partial charge in [-0.2, -0.15) is 0 Å². The highest BCUT2D eigenvalue weighted by Gasteiger charge is 2.21. The van der Waals surface area contributed by atoms with Crippen LogP contribution < -0.4 is 5.32 Å². The molecule has 0 amide bonds. The van der Waals surface area contributed by atoms with E-state index >= 15 is 0 Å². The van der Waals surface area contributed by atoms with Crippen molar-refractivity contribution in [1.29, 1.82) is 0 Å². The molecule has 3 N–H and O–H groups in total. The van der Waals surface area contributed by atoms with Crippen LogP contribution in [0.1, 0.15) is 22.7 Å². The highest BCUT2D eigenvalue weighted by atomic mass is 19.1. The van der Waals surface area contributed by atoms with Crippen molar-refractivity contribution in [3.05, 3.63) is 82.9 Å². The van der Waals surface area contributed by atoms with Crippen LogP contribution >= 0.6 is 0 Å². The molecule has 3 aromatic carbocycles. The molecular weight excluding hydrogens is 336 g/mol. The number of halogens is 2. The number of hydrogen-bond acceptors (Lipinski definition) is 3. The van der Waals surface area contributed by atoms with E-state index in [0.29, 0.717) is 24.1 Å². The summed E-state index contributed by atoms with van der Waals surface area (Å²) in [4.78, 5) is 0. The van der Waals surface area contributed by atoms with Crippen molar-refractivity contribution < 1.29 is 19.0 Å². The third-order valence-electron chi connectivity index (χ3n) is 4.81. The van der Waals surface area contributed by atoms with Crippen LogP contribution in [0.3, 0.4) is 0 Å². The van der Waals surface area contributed by atoms with E-state index in [2.05, 4.69) is 5.32 Å². The monoisotopic (exact) mass is 353 g/mol. The molecule has 0 saturated carbocycles. The fourth-order valence-corrected chi connectivity index (χ4v) is 3.40. The average Bonchev–Trinajstić information content (AvgIpc) is 2.63. The zero-order valence-corrected chi connectivity index (χ0v) is 13.8. The molecule has 0 saturated heterocycles. The van der Waals surface area contributed by atoms with Gasteiger partial charge in [-0.05, 0) is 52.9 Å². The van der Waals surface area contributed by atoms with E-state index in [9.17, 15) is 19.0 Å². The molecule has 0 radical (unpaired) electrons. The van der Waals surface area contributed by atoms with Crippen LogP contribution in [-0.2, 0) is 13.0 Å². The standard InChI is InChI=1S/C21H17F2NO2/c22-16-5-6-17(18(23)10-16)12-1-3-13(4-2-12)19-7-14-8-20(25)21(26)9-15(14)11-24-19/h1-6,8-10,19,24-26H,7,11H2. The summed E-state index contributed by atoms with van der Waals surface area (Å²) in [5, 5.41) is 22.7. The Hall–Kier alpha value is -2.92. The number of phenolic OH excluding ortho intramolecular Hbond substituents is 2. The number of nitrogens with one attached hydrogen (secondary N) is 1. The predicted molar refractivity (Wildman–Crippen MR) is 94.9 cm³/mol. The zero-order valence-electron chi connectivity index (χ0n) is 13.8. The lowest BCUT2D eigenvalue weighted by Crippen LogP contribution is -2.28. The summed E-state index contributed by atoms with van der Waals surface area (Å²) in [7, 11) is 0. The number of aromatic hydroxyl groups is 2. The molecule has 0 fully saturated rings. The van der Waals surface area contributed by atoms with Gasteiger partial charge in [-0.1, -0.05) is 24.3 Å². The molecule has 0 aromatic heterocycles. The lowest BCUT2D eigenvalue weighted by molar-refractivity contribution is 0.399. The van der Waals surface area contributed by atoms with Gasteiger partial charge in [0.1, 0.15) is 11.6 Å². The summed E-state index contributed by atoms with van der Waals surface area (Å²) in [6, 6.07) is 14.3. The maximum absolute atomic E-state index is 13.9. The minimum absolute atomic E-state index is 0.0542. The third-order valence-corrected chi connectivity index (χ3v) is 4.81. The van der Waals surface area contributed by atoms with Gasteiger partial charge in [0, 0.05) is 24.2 Å². The number of fused-ring (bicyclic) bond motifs is 1. The van der Waals surface area contributed by atoms with Crippen molar-refractivity contribution in [3.63, 3.8) is 0 Å². The summed E-state index contributed by atoms with van der Waals surface area (Å²) in [5.41, 5.74) is 4.03. The minimum Gasteiger partial charge on any atom is -0.504 e. The zero-order chi connectivity index (χ0) is 18.3. The van der Waals surface area contributed by atoms with E-state index in [0.717, 1.165) is 22.8 Å². The Morgan fingerprint density at radius 1 is 0.846 bits per heavy atom. The summed E-state index contributed by atoms with van der Waals surface area (Å²) in [5.74, 6) is -1.42. The summed E-state index contributed by atoms with van der Waals surface area (Å²) >= 11 is 0. The van der Waals surface area contributed by atoms with Gasteiger partial charge < -0.3 is 15.5 Å². The van der Waals surface area contributed by atoms with E-state index in [1.165, 1.54) is 12.1 Å². The van der Waals surface area contributed by atoms with Crippen molar-refractivity contribution in [2.45, 2.75) is 19.0 Å². The highest BCUT2D eigenvalue weighted by Crippen LogP contribution is 2.34. The molecule has 1 atom stereocenters. The topological polar surface area (TPSA) is 52.5 Å². The Labute approximate surface area is 149 Å². The number of rotatable bonds is 2. The molecule has 1 heterocycles. The van der Waals surface area contributed by atoms with Gasteiger partial charge >= 0.3 is 0 Å². The SMILES string of the molecule is Oc1cc2c(cc1O)CC(c1ccc(-c3ccc(F)cc3F)cc1)NC2. The first-order valence-electron chi connectivity index (χ1n) is 8.34. The van der Waals surface area contributed by atoms with E-state index in [1.54, 1.807) is 12.1 Å². The quantitative estimate of drug-likeness (QED) is 0.598. The normalized spacial score (nSPS) is 16.3. The Bertz CT molecular complexity index is 970. The van der Waals surface area contributed by atoms with Crippen molar-refractivity contribution in [2.24, 2.45) is 0 Å². The van der Waals surface area contributed by atoms with Gasteiger partial charge in [0.15, 0.2) is 11.5 Å². The second kappa shape index (κ2) is 6.42. The van der Waals surface area contributed by atoms with Crippen LogP contribution in [0.25, 0.3) is 11.1 Å². The largest absolute Gasteiger partial charge is 0.504 e. The van der Waals surface area contributed by atoms with Crippen LogP contribution in [0, 0.1) is 11.6 Å². The molecule has 0 bridgehead atoms. The first-order valence-corrected chi connectivity index (χ1v) is 8.34. The van der Waals surface area contributed by atoms with E-state index in [4.69, 9.17) is 0 Å². The minimum atomic E-state index is -0.595. The molecule has 3 aromatic rings. The molecule has 0 spiro atoms. The van der Waals surface area contributed by atoms with Gasteiger partial charge in [0.05, 0.1) is 0 Å². The highest BCUT2D eigenvalue weighted by molar-refractivity contribution is 5.64. The van der Waals surface area contributed by atoms with Crippen molar-refractivity contribution in [2.75, 3.05) is 0 Å². The molecule has 132 valence electrons. The molecule has 3 nitrogen and oxygen atoms in total. The third kappa shape index (κ3) is 3.02. The maximum Gasteiger partial charge on any atom is 0.157 e.